The number of carbonyl (C=O) groups excluding carboxylic acids is 1. The molecule has 0 radical (unpaired) electrons. The zero-order chi connectivity index (χ0) is 26.0. The lowest BCUT2D eigenvalue weighted by molar-refractivity contribution is 0.0519. The van der Waals surface area contributed by atoms with Crippen molar-refractivity contribution >= 4 is 17.7 Å². The molecule has 9 heteroatoms. The van der Waals surface area contributed by atoms with Crippen molar-refractivity contribution < 1.29 is 14.3 Å². The van der Waals surface area contributed by atoms with Crippen LogP contribution in [-0.4, -0.2) is 44.1 Å². The SMILES string of the molecule is CC(C)(C)OC(=O)NC[C@H]1Cc2cc(Cl)ccc2-n2c(nnc2C2CCC(Oc3ccccn3)CC2)C1. The maximum atomic E-state index is 12.3. The third-order valence-electron chi connectivity index (χ3n) is 6.92. The lowest BCUT2D eigenvalue weighted by Crippen LogP contribution is -2.36. The van der Waals surface area contributed by atoms with Gasteiger partial charge in [-0.25, -0.2) is 9.78 Å². The summed E-state index contributed by atoms with van der Waals surface area (Å²) in [6, 6.07) is 11.7. The molecule has 1 aliphatic heterocycles. The van der Waals surface area contributed by atoms with Gasteiger partial charge in [-0.1, -0.05) is 17.7 Å². The molecule has 1 aromatic carbocycles. The Morgan fingerprint density at radius 3 is 2.65 bits per heavy atom. The highest BCUT2D eigenvalue weighted by molar-refractivity contribution is 6.30. The minimum absolute atomic E-state index is 0.144. The van der Waals surface area contributed by atoms with Crippen molar-refractivity contribution in [3.05, 3.63) is 64.8 Å². The Kier molecular flexibility index (Phi) is 7.38. The van der Waals surface area contributed by atoms with Crippen LogP contribution in [0.15, 0.2) is 42.6 Å². The zero-order valence-electron chi connectivity index (χ0n) is 21.6. The molecule has 0 spiro atoms. The predicted octanol–water partition coefficient (Wildman–Crippen LogP) is 5.66. The van der Waals surface area contributed by atoms with Gasteiger partial charge in [0.2, 0.25) is 5.88 Å². The van der Waals surface area contributed by atoms with Crippen LogP contribution < -0.4 is 10.1 Å². The summed E-state index contributed by atoms with van der Waals surface area (Å²) in [5.74, 6) is 3.03. The number of rotatable bonds is 5. The van der Waals surface area contributed by atoms with Crippen molar-refractivity contribution in [2.45, 2.75) is 76.9 Å². The molecular weight excluding hydrogens is 490 g/mol. The maximum absolute atomic E-state index is 12.3. The third-order valence-corrected chi connectivity index (χ3v) is 7.15. The highest BCUT2D eigenvalue weighted by atomic mass is 35.5. The van der Waals surface area contributed by atoms with Crippen LogP contribution in [0.5, 0.6) is 5.88 Å². The number of amides is 1. The fraction of sp³-hybridized carbons (Fsp3) is 0.500. The van der Waals surface area contributed by atoms with E-state index in [2.05, 4.69) is 31.1 Å². The van der Waals surface area contributed by atoms with Gasteiger partial charge < -0.3 is 14.8 Å². The second-order valence-corrected chi connectivity index (χ2v) is 11.4. The van der Waals surface area contributed by atoms with Crippen LogP contribution in [0.2, 0.25) is 5.02 Å². The molecule has 0 saturated heterocycles. The zero-order valence-corrected chi connectivity index (χ0v) is 22.4. The first-order chi connectivity index (χ1) is 17.7. The van der Waals surface area contributed by atoms with Crippen LogP contribution in [0.3, 0.4) is 0 Å². The van der Waals surface area contributed by atoms with Crippen LogP contribution in [0.1, 0.15) is 69.6 Å². The van der Waals surface area contributed by atoms with E-state index in [1.165, 1.54) is 0 Å². The summed E-state index contributed by atoms with van der Waals surface area (Å²) in [6.45, 7) is 6.06. The number of nitrogens with one attached hydrogen (secondary N) is 1. The fourth-order valence-corrected chi connectivity index (χ4v) is 5.47. The molecule has 0 unspecified atom stereocenters. The van der Waals surface area contributed by atoms with E-state index >= 15 is 0 Å². The largest absolute Gasteiger partial charge is 0.474 e. The van der Waals surface area contributed by atoms with Gasteiger partial charge in [0, 0.05) is 36.2 Å². The number of aromatic nitrogens is 4. The summed E-state index contributed by atoms with van der Waals surface area (Å²) in [4.78, 5) is 16.6. The molecule has 5 rings (SSSR count). The fourth-order valence-electron chi connectivity index (χ4n) is 5.28. The van der Waals surface area contributed by atoms with Crippen LogP contribution in [0.25, 0.3) is 5.69 Å². The minimum Gasteiger partial charge on any atom is -0.474 e. The smallest absolute Gasteiger partial charge is 0.407 e. The molecule has 8 nitrogen and oxygen atoms in total. The Hall–Kier alpha value is -3.13. The Morgan fingerprint density at radius 1 is 1.11 bits per heavy atom. The standard InChI is InChI=1S/C28H34ClN5O3/c1-28(2,3)37-27(35)31-17-18-14-20-16-21(29)9-12-23(20)34-24(15-18)32-33-26(34)19-7-10-22(11-8-19)36-25-6-4-5-13-30-25/h4-6,9,12-13,16,18-19,22H,7-8,10-11,14-15,17H2,1-3H3,(H,31,35)/t18-,19?,22?/m0/s1. The van der Waals surface area contributed by atoms with Gasteiger partial charge in [-0.2, -0.15) is 0 Å². The van der Waals surface area contributed by atoms with E-state index in [-0.39, 0.29) is 12.0 Å². The number of halogens is 1. The van der Waals surface area contributed by atoms with Gasteiger partial charge in [-0.3, -0.25) is 4.57 Å². The van der Waals surface area contributed by atoms with Gasteiger partial charge in [-0.05, 0) is 88.6 Å². The van der Waals surface area contributed by atoms with Crippen molar-refractivity contribution in [1.82, 2.24) is 25.1 Å². The Labute approximate surface area is 222 Å². The Balaban J connectivity index is 1.33. The van der Waals surface area contributed by atoms with Crippen molar-refractivity contribution in [1.29, 1.82) is 0 Å². The van der Waals surface area contributed by atoms with Gasteiger partial charge >= 0.3 is 6.09 Å². The summed E-state index contributed by atoms with van der Waals surface area (Å²) in [7, 11) is 0. The average Bonchev–Trinajstić information content (AvgIpc) is 3.19. The van der Waals surface area contributed by atoms with Gasteiger partial charge in [0.25, 0.3) is 0 Å². The number of hydrogen-bond donors (Lipinski definition) is 1. The molecule has 1 amide bonds. The number of benzene rings is 1. The molecule has 3 heterocycles. The summed E-state index contributed by atoms with van der Waals surface area (Å²) in [5, 5.41) is 13.0. The molecule has 37 heavy (non-hydrogen) atoms. The molecule has 1 aliphatic carbocycles. The molecule has 1 saturated carbocycles. The van der Waals surface area contributed by atoms with Gasteiger partial charge in [-0.15, -0.1) is 10.2 Å². The number of fused-ring (bicyclic) bond motifs is 3. The predicted molar refractivity (Wildman–Crippen MR) is 141 cm³/mol. The van der Waals surface area contributed by atoms with Crippen molar-refractivity contribution in [2.75, 3.05) is 6.54 Å². The number of carbonyl (C=O) groups is 1. The lowest BCUT2D eigenvalue weighted by Gasteiger charge is -2.28. The molecule has 1 N–H and O–H groups in total. The summed E-state index contributed by atoms with van der Waals surface area (Å²) >= 11 is 6.40. The van der Waals surface area contributed by atoms with E-state index in [1.807, 2.05) is 51.1 Å². The molecule has 1 atom stereocenters. The molecule has 2 aliphatic rings. The number of hydrogen-bond acceptors (Lipinski definition) is 6. The molecule has 196 valence electrons. The van der Waals surface area contributed by atoms with Crippen LogP contribution in [-0.2, 0) is 17.6 Å². The molecule has 0 bridgehead atoms. The number of alkyl carbamates (subject to hydrolysis) is 1. The van der Waals surface area contributed by atoms with Gasteiger partial charge in [0.05, 0.1) is 5.69 Å². The van der Waals surface area contributed by atoms with Crippen molar-refractivity contribution in [3.8, 4) is 11.6 Å². The van der Waals surface area contributed by atoms with Crippen molar-refractivity contribution in [2.24, 2.45) is 5.92 Å². The Morgan fingerprint density at radius 2 is 1.92 bits per heavy atom. The van der Waals surface area contributed by atoms with E-state index in [4.69, 9.17) is 21.1 Å². The number of nitrogens with zero attached hydrogens (tertiary/aromatic N) is 4. The third kappa shape index (κ3) is 6.24. The first kappa shape index (κ1) is 25.5. The van der Waals surface area contributed by atoms with Gasteiger partial charge in [0.1, 0.15) is 23.4 Å². The quantitative estimate of drug-likeness (QED) is 0.464. The first-order valence-corrected chi connectivity index (χ1v) is 13.4. The highest BCUT2D eigenvalue weighted by Crippen LogP contribution is 2.37. The average molecular weight is 524 g/mol. The summed E-state index contributed by atoms with van der Waals surface area (Å²) < 4.78 is 13.8. The summed E-state index contributed by atoms with van der Waals surface area (Å²) in [6.07, 6.45) is 6.82. The van der Waals surface area contributed by atoms with E-state index in [9.17, 15) is 4.79 Å². The second-order valence-electron chi connectivity index (χ2n) is 11.0. The van der Waals surface area contributed by atoms with E-state index in [1.54, 1.807) is 6.20 Å². The second kappa shape index (κ2) is 10.7. The molecule has 2 aromatic heterocycles. The lowest BCUT2D eigenvalue weighted by atomic mass is 9.86. The normalized spacial score (nSPS) is 21.4. The van der Waals surface area contributed by atoms with Crippen LogP contribution >= 0.6 is 11.6 Å². The van der Waals surface area contributed by atoms with Crippen LogP contribution in [0, 0.1) is 5.92 Å². The van der Waals surface area contributed by atoms with Gasteiger partial charge in [0.15, 0.2) is 0 Å². The molecular formula is C28H34ClN5O3. The summed E-state index contributed by atoms with van der Waals surface area (Å²) in [5.41, 5.74) is 1.67. The molecule has 3 aromatic rings. The topological polar surface area (TPSA) is 91.2 Å². The number of pyridine rings is 1. The maximum Gasteiger partial charge on any atom is 0.407 e. The first-order valence-electron chi connectivity index (χ1n) is 13.0. The molecule has 1 fully saturated rings. The highest BCUT2D eigenvalue weighted by Gasteiger charge is 2.32. The Bertz CT molecular complexity index is 1230. The monoisotopic (exact) mass is 523 g/mol. The van der Waals surface area contributed by atoms with E-state index < -0.39 is 11.7 Å². The van der Waals surface area contributed by atoms with E-state index in [0.29, 0.717) is 29.8 Å². The van der Waals surface area contributed by atoms with Crippen molar-refractivity contribution in [3.63, 3.8) is 0 Å². The minimum atomic E-state index is -0.537. The van der Waals surface area contributed by atoms with Crippen LogP contribution in [0.4, 0.5) is 4.79 Å². The van der Waals surface area contributed by atoms with E-state index in [0.717, 1.165) is 55.0 Å². The number of ether oxygens (including phenoxy) is 2.